The van der Waals surface area contributed by atoms with E-state index in [1.54, 1.807) is 4.68 Å². The topological polar surface area (TPSA) is 34.9 Å². The monoisotopic (exact) mass is 306 g/mol. The van der Waals surface area contributed by atoms with Crippen LogP contribution in [0.1, 0.15) is 27.3 Å². The van der Waals surface area contributed by atoms with Crippen LogP contribution >= 0.6 is 15.9 Å². The Morgan fingerprint density at radius 2 is 1.83 bits per heavy atom. The quantitative estimate of drug-likeness (QED) is 0.814. The molecule has 0 bridgehead atoms. The van der Waals surface area contributed by atoms with Gasteiger partial charge in [0.2, 0.25) is 0 Å². The normalized spacial score (nSPS) is 10.7. The molecule has 0 aliphatic carbocycles. The highest BCUT2D eigenvalue weighted by Gasteiger charge is 2.12. The maximum Gasteiger partial charge on any atom is 0.184 e. The van der Waals surface area contributed by atoms with Gasteiger partial charge in [0.15, 0.2) is 5.78 Å². The van der Waals surface area contributed by atoms with Gasteiger partial charge in [-0.15, -0.1) is 0 Å². The van der Waals surface area contributed by atoms with E-state index in [1.165, 1.54) is 0 Å². The summed E-state index contributed by atoms with van der Waals surface area (Å²) in [6.07, 6.45) is 0. The van der Waals surface area contributed by atoms with Gasteiger partial charge in [0.25, 0.3) is 0 Å². The van der Waals surface area contributed by atoms with Crippen LogP contribution in [0, 0.1) is 20.8 Å². The number of carbonyl (C=O) groups excluding carboxylic acids is 1. The van der Waals surface area contributed by atoms with Gasteiger partial charge in [0, 0.05) is 15.7 Å². The molecule has 1 aromatic carbocycles. The van der Waals surface area contributed by atoms with Crippen LogP contribution in [0.4, 0.5) is 0 Å². The zero-order valence-corrected chi connectivity index (χ0v) is 12.3. The number of benzene rings is 1. The predicted octanol–water partition coefficient (Wildman–Crippen LogP) is 3.45. The van der Waals surface area contributed by atoms with Gasteiger partial charge >= 0.3 is 0 Å². The SMILES string of the molecule is Cc1nn(CC(=O)c2ccc(Br)cc2)c(C)c1C. The van der Waals surface area contributed by atoms with Crippen molar-refractivity contribution >= 4 is 21.7 Å². The van der Waals surface area contributed by atoms with Gasteiger partial charge in [-0.25, -0.2) is 0 Å². The maximum atomic E-state index is 12.1. The van der Waals surface area contributed by atoms with Crippen LogP contribution in [0.5, 0.6) is 0 Å². The molecule has 1 aromatic heterocycles. The van der Waals surface area contributed by atoms with Crippen LogP contribution in [-0.4, -0.2) is 15.6 Å². The van der Waals surface area contributed by atoms with Crippen LogP contribution in [0.3, 0.4) is 0 Å². The molecule has 0 amide bonds. The average molecular weight is 307 g/mol. The second-order valence-electron chi connectivity index (χ2n) is 4.38. The Balaban J connectivity index is 2.21. The van der Waals surface area contributed by atoms with Gasteiger partial charge in [-0.1, -0.05) is 28.1 Å². The van der Waals surface area contributed by atoms with Crippen molar-refractivity contribution in [3.05, 3.63) is 51.3 Å². The summed E-state index contributed by atoms with van der Waals surface area (Å²) >= 11 is 3.36. The van der Waals surface area contributed by atoms with E-state index in [9.17, 15) is 4.79 Å². The fourth-order valence-electron chi connectivity index (χ4n) is 1.80. The number of ketones is 1. The lowest BCUT2D eigenvalue weighted by atomic mass is 10.1. The van der Waals surface area contributed by atoms with Crippen molar-refractivity contribution in [2.45, 2.75) is 27.3 Å². The van der Waals surface area contributed by atoms with Crippen molar-refractivity contribution in [1.82, 2.24) is 9.78 Å². The number of aryl methyl sites for hydroxylation is 1. The molecule has 2 rings (SSSR count). The van der Waals surface area contributed by atoms with E-state index in [-0.39, 0.29) is 5.78 Å². The summed E-state index contributed by atoms with van der Waals surface area (Å²) in [5.41, 5.74) is 3.90. The van der Waals surface area contributed by atoms with Crippen LogP contribution < -0.4 is 0 Å². The molecule has 0 radical (unpaired) electrons. The molecule has 4 heteroatoms. The number of hydrogen-bond donors (Lipinski definition) is 0. The molecule has 3 nitrogen and oxygen atoms in total. The van der Waals surface area contributed by atoms with E-state index in [1.807, 2.05) is 45.0 Å². The molecular formula is C14H15BrN2O. The Bertz CT molecular complexity index is 585. The van der Waals surface area contributed by atoms with Gasteiger partial charge in [-0.05, 0) is 38.5 Å². The van der Waals surface area contributed by atoms with Crippen molar-refractivity contribution in [2.24, 2.45) is 0 Å². The van der Waals surface area contributed by atoms with Gasteiger partial charge in [0.1, 0.15) is 6.54 Å². The fourth-order valence-corrected chi connectivity index (χ4v) is 2.07. The minimum Gasteiger partial charge on any atom is -0.292 e. The number of rotatable bonds is 3. The lowest BCUT2D eigenvalue weighted by Crippen LogP contribution is -2.13. The molecule has 0 fully saturated rings. The summed E-state index contributed by atoms with van der Waals surface area (Å²) in [5.74, 6) is 0.0769. The highest BCUT2D eigenvalue weighted by Crippen LogP contribution is 2.14. The molecule has 0 unspecified atom stereocenters. The summed E-state index contributed by atoms with van der Waals surface area (Å²) in [5, 5.41) is 4.38. The third kappa shape index (κ3) is 2.53. The highest BCUT2D eigenvalue weighted by atomic mass is 79.9. The van der Waals surface area contributed by atoms with Gasteiger partial charge in [-0.2, -0.15) is 5.10 Å². The molecule has 0 aliphatic rings. The zero-order chi connectivity index (χ0) is 13.3. The van der Waals surface area contributed by atoms with Gasteiger partial charge < -0.3 is 0 Å². The maximum absolute atomic E-state index is 12.1. The second-order valence-corrected chi connectivity index (χ2v) is 5.30. The van der Waals surface area contributed by atoms with E-state index in [2.05, 4.69) is 21.0 Å². The van der Waals surface area contributed by atoms with Crippen LogP contribution in [-0.2, 0) is 6.54 Å². The predicted molar refractivity (Wildman–Crippen MR) is 74.9 cm³/mol. The van der Waals surface area contributed by atoms with Crippen molar-refractivity contribution in [2.75, 3.05) is 0 Å². The van der Waals surface area contributed by atoms with Crippen LogP contribution in [0.25, 0.3) is 0 Å². The molecule has 0 atom stereocenters. The number of hydrogen-bond acceptors (Lipinski definition) is 2. The Morgan fingerprint density at radius 3 is 2.33 bits per heavy atom. The Morgan fingerprint density at radius 1 is 1.22 bits per heavy atom. The van der Waals surface area contributed by atoms with Crippen molar-refractivity contribution in [3.63, 3.8) is 0 Å². The molecule has 2 aromatic rings. The molecular weight excluding hydrogens is 292 g/mol. The molecule has 18 heavy (non-hydrogen) atoms. The summed E-state index contributed by atoms with van der Waals surface area (Å²) in [6, 6.07) is 7.40. The number of halogens is 1. The number of Topliss-reactive ketones (excluding diaryl/α,β-unsaturated/α-hetero) is 1. The summed E-state index contributed by atoms with van der Waals surface area (Å²) in [4.78, 5) is 12.1. The van der Waals surface area contributed by atoms with E-state index < -0.39 is 0 Å². The van der Waals surface area contributed by atoms with Crippen molar-refractivity contribution in [3.8, 4) is 0 Å². The first kappa shape index (κ1) is 13.0. The highest BCUT2D eigenvalue weighted by molar-refractivity contribution is 9.10. The van der Waals surface area contributed by atoms with E-state index in [0.29, 0.717) is 12.1 Å². The lowest BCUT2D eigenvalue weighted by Gasteiger charge is -2.04. The van der Waals surface area contributed by atoms with Gasteiger partial charge in [-0.3, -0.25) is 9.48 Å². The molecule has 0 saturated carbocycles. The first-order valence-electron chi connectivity index (χ1n) is 5.78. The molecule has 0 saturated heterocycles. The molecule has 94 valence electrons. The van der Waals surface area contributed by atoms with Gasteiger partial charge in [0.05, 0.1) is 5.69 Å². The van der Waals surface area contributed by atoms with Crippen molar-refractivity contribution < 1.29 is 4.79 Å². The number of carbonyl (C=O) groups is 1. The smallest absolute Gasteiger partial charge is 0.184 e. The van der Waals surface area contributed by atoms with Crippen LogP contribution in [0.2, 0.25) is 0 Å². The summed E-state index contributed by atoms with van der Waals surface area (Å²) in [6.45, 7) is 6.27. The largest absolute Gasteiger partial charge is 0.292 e. The van der Waals surface area contributed by atoms with Crippen LogP contribution in [0.15, 0.2) is 28.7 Å². The average Bonchev–Trinajstić information content (AvgIpc) is 2.58. The van der Waals surface area contributed by atoms with E-state index in [4.69, 9.17) is 0 Å². The first-order chi connectivity index (χ1) is 8.49. The van der Waals surface area contributed by atoms with E-state index in [0.717, 1.165) is 21.4 Å². The summed E-state index contributed by atoms with van der Waals surface area (Å²) in [7, 11) is 0. The third-order valence-corrected chi connectivity index (χ3v) is 3.73. The Kier molecular flexibility index (Phi) is 3.66. The second kappa shape index (κ2) is 5.06. The van der Waals surface area contributed by atoms with E-state index >= 15 is 0 Å². The third-order valence-electron chi connectivity index (χ3n) is 3.20. The molecule has 1 heterocycles. The first-order valence-corrected chi connectivity index (χ1v) is 6.57. The Hall–Kier alpha value is -1.42. The minimum absolute atomic E-state index is 0.0769. The molecule has 0 N–H and O–H groups in total. The van der Waals surface area contributed by atoms with Crippen molar-refractivity contribution in [1.29, 1.82) is 0 Å². The Labute approximate surface area is 115 Å². The number of aromatic nitrogens is 2. The lowest BCUT2D eigenvalue weighted by molar-refractivity contribution is 0.0966. The minimum atomic E-state index is 0.0769. The standard InChI is InChI=1S/C14H15BrN2O/c1-9-10(2)16-17(11(9)3)8-14(18)12-4-6-13(15)7-5-12/h4-7H,8H2,1-3H3. The molecule has 0 aliphatic heterocycles. The number of nitrogens with zero attached hydrogens (tertiary/aromatic N) is 2. The fraction of sp³-hybridized carbons (Fsp3) is 0.286. The molecule has 0 spiro atoms. The zero-order valence-electron chi connectivity index (χ0n) is 10.7. The summed E-state index contributed by atoms with van der Waals surface area (Å²) < 4.78 is 2.75.